The second-order valence-electron chi connectivity index (χ2n) is 8.95. The lowest BCUT2D eigenvalue weighted by Crippen LogP contribution is -2.53. The number of nitrogens with one attached hydrogen (secondary N) is 1. The molecule has 0 atom stereocenters. The molecule has 1 fully saturated rings. The Morgan fingerprint density at radius 2 is 1.97 bits per heavy atom. The van der Waals surface area contributed by atoms with E-state index < -0.39 is 22.7 Å². The number of halogens is 4. The number of alkyl halides is 3. The summed E-state index contributed by atoms with van der Waals surface area (Å²) in [5.74, 6) is -0.492. The van der Waals surface area contributed by atoms with Gasteiger partial charge in [-0.05, 0) is 47.2 Å². The number of ether oxygens (including phenoxy) is 1. The molecule has 10 heteroatoms. The Balaban J connectivity index is 1.63. The van der Waals surface area contributed by atoms with Crippen molar-refractivity contribution < 1.29 is 27.5 Å². The number of likely N-dealkylation sites (tertiary alicyclic amines) is 1. The van der Waals surface area contributed by atoms with Crippen LogP contribution in [0.25, 0.3) is 12.8 Å². The monoisotopic (exact) mass is 523 g/mol. The molecule has 1 heterocycles. The Bertz CT molecular complexity index is 1240. The summed E-state index contributed by atoms with van der Waals surface area (Å²) in [5.41, 5.74) is 0.316. The zero-order valence-corrected chi connectivity index (χ0v) is 21.2. The number of hydrogen-bond donors (Lipinski definition) is 1. The summed E-state index contributed by atoms with van der Waals surface area (Å²) < 4.78 is 44.3. The summed E-state index contributed by atoms with van der Waals surface area (Å²) in [6.45, 7) is 8.24. The third-order valence-corrected chi connectivity index (χ3v) is 6.32. The second kappa shape index (κ2) is 11.3. The van der Waals surface area contributed by atoms with E-state index in [1.165, 1.54) is 11.0 Å². The van der Waals surface area contributed by atoms with Crippen LogP contribution in [0.5, 0.6) is 0 Å². The van der Waals surface area contributed by atoms with Crippen LogP contribution in [0.1, 0.15) is 31.8 Å². The summed E-state index contributed by atoms with van der Waals surface area (Å²) in [4.78, 5) is 28.6. The van der Waals surface area contributed by atoms with Crippen molar-refractivity contribution >= 4 is 36.2 Å². The fourth-order valence-electron chi connectivity index (χ4n) is 4.12. The molecule has 1 N–H and O–H groups in total. The maximum Gasteiger partial charge on any atom is 0.417 e. The highest BCUT2D eigenvalue weighted by Gasteiger charge is 2.36. The number of nitrogens with zero attached hydrogens (tertiary/aromatic N) is 2. The Hall–Kier alpha value is -3.04. The number of aryl methyl sites for hydroxylation is 1. The summed E-state index contributed by atoms with van der Waals surface area (Å²) >= 11 is 5.65. The van der Waals surface area contributed by atoms with Gasteiger partial charge in [0.15, 0.2) is 0 Å². The molecule has 2 amide bonds. The van der Waals surface area contributed by atoms with Gasteiger partial charge >= 0.3 is 6.18 Å². The van der Waals surface area contributed by atoms with Gasteiger partial charge in [-0.3, -0.25) is 9.59 Å². The quantitative estimate of drug-likeness (QED) is 0.541. The average molecular weight is 524 g/mol. The Labute approximate surface area is 213 Å². The van der Waals surface area contributed by atoms with E-state index in [1.54, 1.807) is 13.2 Å². The van der Waals surface area contributed by atoms with Gasteiger partial charge < -0.3 is 19.9 Å². The Morgan fingerprint density at radius 1 is 1.28 bits per heavy atom. The van der Waals surface area contributed by atoms with E-state index in [9.17, 15) is 22.8 Å². The van der Waals surface area contributed by atoms with Crippen LogP contribution in [-0.4, -0.2) is 68.6 Å². The molecule has 0 radical (unpaired) electrons. The van der Waals surface area contributed by atoms with Crippen molar-refractivity contribution in [2.24, 2.45) is 5.92 Å². The van der Waals surface area contributed by atoms with Gasteiger partial charge in [-0.2, -0.15) is 13.2 Å². The van der Waals surface area contributed by atoms with Crippen molar-refractivity contribution in [2.75, 3.05) is 46.9 Å². The predicted molar refractivity (Wildman–Crippen MR) is 133 cm³/mol. The van der Waals surface area contributed by atoms with Crippen LogP contribution < -0.4 is 15.8 Å². The van der Waals surface area contributed by atoms with Gasteiger partial charge in [0.05, 0.1) is 17.2 Å². The zero-order valence-electron chi connectivity index (χ0n) is 20.4. The number of amides is 2. The standard InChI is InChI=1S/C26H29ClF3N3O3/c1-16-9-17(2)21(24(34)31-7-8-36-4)10-20(16)15-32(3)12-18-13-33(14-18)25(35)19-5-6-23(27)22(11-19)26(28,29)30/h5-6,9-11,15,18H,1,7-8,12-14H2,2-4H3,(H,31,34)/b20-15-. The first-order valence-corrected chi connectivity index (χ1v) is 11.7. The van der Waals surface area contributed by atoms with Crippen molar-refractivity contribution in [3.63, 3.8) is 0 Å². The van der Waals surface area contributed by atoms with Crippen LogP contribution in [0.2, 0.25) is 5.02 Å². The molecule has 3 rings (SSSR count). The van der Waals surface area contributed by atoms with Crippen molar-refractivity contribution in [1.29, 1.82) is 0 Å². The van der Waals surface area contributed by atoms with Crippen molar-refractivity contribution in [3.05, 3.63) is 68.0 Å². The van der Waals surface area contributed by atoms with Gasteiger partial charge in [0, 0.05) is 63.6 Å². The van der Waals surface area contributed by atoms with Crippen molar-refractivity contribution in [2.45, 2.75) is 13.1 Å². The summed E-state index contributed by atoms with van der Waals surface area (Å²) in [5, 5.41) is 3.96. The number of hydrogen-bond acceptors (Lipinski definition) is 4. The molecule has 0 spiro atoms. The normalized spacial score (nSPS) is 14.5. The average Bonchev–Trinajstić information content (AvgIpc) is 2.77. The lowest BCUT2D eigenvalue weighted by Gasteiger charge is -2.41. The van der Waals surface area contributed by atoms with Crippen LogP contribution in [0.15, 0.2) is 30.3 Å². The van der Waals surface area contributed by atoms with Gasteiger partial charge in [0.1, 0.15) is 0 Å². The summed E-state index contributed by atoms with van der Waals surface area (Å²) in [7, 11) is 3.45. The van der Waals surface area contributed by atoms with Crippen LogP contribution in [0.4, 0.5) is 13.2 Å². The number of benzene rings is 2. The van der Waals surface area contributed by atoms with Gasteiger partial charge in [-0.25, -0.2) is 0 Å². The SMILES string of the molecule is C=c1cc(C)c(C(=O)NCCOC)c/c1=C/N(C)CC1CN(C(=O)c2ccc(Cl)c(C(F)(F)F)c2)C1. The molecule has 1 aliphatic rings. The van der Waals surface area contributed by atoms with Crippen molar-refractivity contribution in [1.82, 2.24) is 15.1 Å². The van der Waals surface area contributed by atoms with E-state index in [1.807, 2.05) is 31.1 Å². The first-order chi connectivity index (χ1) is 16.9. The maximum absolute atomic E-state index is 13.1. The minimum atomic E-state index is -4.63. The van der Waals surface area contributed by atoms with Crippen LogP contribution in [-0.2, 0) is 10.9 Å². The topological polar surface area (TPSA) is 61.9 Å². The zero-order chi connectivity index (χ0) is 26.6. The fourth-order valence-corrected chi connectivity index (χ4v) is 4.34. The molecule has 6 nitrogen and oxygen atoms in total. The molecule has 0 unspecified atom stereocenters. The number of carbonyl (C=O) groups is 2. The second-order valence-corrected chi connectivity index (χ2v) is 9.36. The highest BCUT2D eigenvalue weighted by Crippen LogP contribution is 2.35. The largest absolute Gasteiger partial charge is 0.417 e. The molecule has 36 heavy (non-hydrogen) atoms. The molecular formula is C26H29ClF3N3O3. The molecule has 2 aromatic carbocycles. The van der Waals surface area contributed by atoms with Gasteiger partial charge in [-0.1, -0.05) is 24.2 Å². The van der Waals surface area contributed by atoms with Gasteiger partial charge in [0.2, 0.25) is 0 Å². The molecule has 0 bridgehead atoms. The lowest BCUT2D eigenvalue weighted by atomic mass is 9.97. The Morgan fingerprint density at radius 3 is 2.61 bits per heavy atom. The predicted octanol–water partition coefficient (Wildman–Crippen LogP) is 2.90. The molecule has 0 aliphatic carbocycles. The third-order valence-electron chi connectivity index (χ3n) is 5.99. The van der Waals surface area contributed by atoms with Crippen LogP contribution in [0, 0.1) is 12.8 Å². The third kappa shape index (κ3) is 6.59. The number of rotatable bonds is 8. The number of methoxy groups -OCH3 is 1. The molecular weight excluding hydrogens is 495 g/mol. The first kappa shape index (κ1) is 27.5. The lowest BCUT2D eigenvalue weighted by molar-refractivity contribution is -0.137. The van der Waals surface area contributed by atoms with Gasteiger partial charge in [0.25, 0.3) is 11.8 Å². The van der Waals surface area contributed by atoms with E-state index in [-0.39, 0.29) is 17.4 Å². The molecule has 194 valence electrons. The van der Waals surface area contributed by atoms with Crippen LogP contribution in [0.3, 0.4) is 0 Å². The Kier molecular flexibility index (Phi) is 8.68. The maximum atomic E-state index is 13.1. The van der Waals surface area contributed by atoms with E-state index >= 15 is 0 Å². The van der Waals surface area contributed by atoms with E-state index in [4.69, 9.17) is 16.3 Å². The smallest absolute Gasteiger partial charge is 0.383 e. The van der Waals surface area contributed by atoms with Crippen LogP contribution >= 0.6 is 11.6 Å². The minimum absolute atomic E-state index is 0.0391. The first-order valence-electron chi connectivity index (χ1n) is 11.4. The fraction of sp³-hybridized carbons (Fsp3) is 0.385. The highest BCUT2D eigenvalue weighted by molar-refractivity contribution is 6.31. The van der Waals surface area contributed by atoms with E-state index in [0.29, 0.717) is 38.3 Å². The minimum Gasteiger partial charge on any atom is -0.383 e. The molecule has 2 aromatic rings. The number of carbonyl (C=O) groups excluding carboxylic acids is 2. The van der Waals surface area contributed by atoms with Gasteiger partial charge in [-0.15, -0.1) is 0 Å². The van der Waals surface area contributed by atoms with Crippen molar-refractivity contribution in [3.8, 4) is 0 Å². The highest BCUT2D eigenvalue weighted by atomic mass is 35.5. The van der Waals surface area contributed by atoms with E-state index in [2.05, 4.69) is 11.9 Å². The summed E-state index contributed by atoms with van der Waals surface area (Å²) in [6.07, 6.45) is -2.73. The molecule has 1 aliphatic heterocycles. The van der Waals surface area contributed by atoms with E-state index in [0.717, 1.165) is 28.1 Å². The molecule has 0 saturated carbocycles. The summed E-state index contributed by atoms with van der Waals surface area (Å²) in [6, 6.07) is 6.86. The molecule has 1 saturated heterocycles. The molecule has 0 aromatic heterocycles.